The molecule has 2 N–H and O–H groups in total. The second-order valence-electron chi connectivity index (χ2n) is 4.07. The van der Waals surface area contributed by atoms with Crippen molar-refractivity contribution in [3.05, 3.63) is 29.3 Å². The van der Waals surface area contributed by atoms with E-state index in [0.29, 0.717) is 11.9 Å². The highest BCUT2D eigenvalue weighted by Crippen LogP contribution is 2.26. The molecule has 1 aliphatic rings. The van der Waals surface area contributed by atoms with E-state index in [1.165, 1.54) is 11.1 Å². The third kappa shape index (κ3) is 1.49. The molecular weight excluding hydrogens is 202 g/mol. The quantitative estimate of drug-likeness (QED) is 0.746. The van der Waals surface area contributed by atoms with E-state index in [-0.39, 0.29) is 0 Å². The van der Waals surface area contributed by atoms with Crippen molar-refractivity contribution < 1.29 is 0 Å². The second kappa shape index (κ2) is 3.68. The normalized spacial score (nSPS) is 19.4. The molecule has 0 spiro atoms. The first kappa shape index (κ1) is 9.47. The summed E-state index contributed by atoms with van der Waals surface area (Å²) in [4.78, 5) is 0. The lowest BCUT2D eigenvalue weighted by Gasteiger charge is -2.24. The zero-order chi connectivity index (χ0) is 11.0. The molecule has 0 saturated heterocycles. The van der Waals surface area contributed by atoms with Crippen molar-refractivity contribution in [2.24, 2.45) is 0 Å². The van der Waals surface area contributed by atoms with Gasteiger partial charge in [0, 0.05) is 11.6 Å². The average Bonchev–Trinajstić information content (AvgIpc) is 2.83. The first-order valence-electron chi connectivity index (χ1n) is 5.44. The fourth-order valence-electron chi connectivity index (χ4n) is 2.18. The largest absolute Gasteiger partial charge is 0.310 e. The van der Waals surface area contributed by atoms with Gasteiger partial charge in [-0.1, -0.05) is 12.1 Å². The molecule has 0 amide bonds. The number of H-pyrrole nitrogens is 1. The Morgan fingerprint density at radius 2 is 2.31 bits per heavy atom. The Morgan fingerprint density at radius 1 is 1.38 bits per heavy atom. The Bertz CT molecular complexity index is 491. The Morgan fingerprint density at radius 3 is 3.12 bits per heavy atom. The van der Waals surface area contributed by atoms with Gasteiger partial charge in [0.05, 0.1) is 0 Å². The van der Waals surface area contributed by atoms with Crippen LogP contribution in [0.2, 0.25) is 0 Å². The van der Waals surface area contributed by atoms with Gasteiger partial charge in [0.1, 0.15) is 0 Å². The minimum absolute atomic E-state index is 0.399. The number of hydrogen-bond acceptors (Lipinski definition) is 4. The summed E-state index contributed by atoms with van der Waals surface area (Å²) in [5, 5.41) is 17.5. The Balaban J connectivity index is 2.07. The third-order valence-corrected chi connectivity index (χ3v) is 3.06. The number of tetrazole rings is 1. The highest BCUT2D eigenvalue weighted by Gasteiger charge is 2.16. The fraction of sp³-hybridized carbons (Fsp3) is 0.364. The van der Waals surface area contributed by atoms with E-state index < -0.39 is 0 Å². The maximum Gasteiger partial charge on any atom is 0.204 e. The summed E-state index contributed by atoms with van der Waals surface area (Å²) in [6.07, 6.45) is 1.09. The van der Waals surface area contributed by atoms with E-state index in [2.05, 4.69) is 51.1 Å². The monoisotopic (exact) mass is 215 g/mol. The molecule has 0 bridgehead atoms. The molecule has 1 aromatic carbocycles. The zero-order valence-corrected chi connectivity index (χ0v) is 9.07. The van der Waals surface area contributed by atoms with E-state index in [9.17, 15) is 0 Å². The number of rotatable bonds is 1. The highest BCUT2D eigenvalue weighted by molar-refractivity contribution is 5.57. The van der Waals surface area contributed by atoms with Gasteiger partial charge in [-0.15, -0.1) is 10.2 Å². The number of aromatic nitrogens is 4. The number of hydrogen-bond donors (Lipinski definition) is 2. The third-order valence-electron chi connectivity index (χ3n) is 3.06. The molecule has 2 heterocycles. The zero-order valence-electron chi connectivity index (χ0n) is 9.07. The van der Waals surface area contributed by atoms with Crippen molar-refractivity contribution in [3.63, 3.8) is 0 Å². The van der Waals surface area contributed by atoms with Crippen LogP contribution in [0.1, 0.15) is 24.1 Å². The van der Waals surface area contributed by atoms with Crippen LogP contribution in [-0.2, 0) is 6.42 Å². The minimum Gasteiger partial charge on any atom is -0.310 e. The van der Waals surface area contributed by atoms with E-state index in [1.54, 1.807) is 0 Å². The summed E-state index contributed by atoms with van der Waals surface area (Å²) < 4.78 is 0. The SMILES string of the molecule is CC1NCCc2ccc(-c3nn[nH]n3)cc21. The molecule has 2 aromatic rings. The Kier molecular flexibility index (Phi) is 2.18. The number of aromatic amines is 1. The van der Waals surface area contributed by atoms with Crippen molar-refractivity contribution in [1.29, 1.82) is 0 Å². The molecule has 0 saturated carbocycles. The second-order valence-corrected chi connectivity index (χ2v) is 4.07. The summed E-state index contributed by atoms with van der Waals surface area (Å²) >= 11 is 0. The van der Waals surface area contributed by atoms with Crippen LogP contribution in [0.3, 0.4) is 0 Å². The summed E-state index contributed by atoms with van der Waals surface area (Å²) in [5.41, 5.74) is 3.77. The van der Waals surface area contributed by atoms with Crippen LogP contribution in [0.15, 0.2) is 18.2 Å². The first-order valence-corrected chi connectivity index (χ1v) is 5.44. The highest BCUT2D eigenvalue weighted by atomic mass is 15.5. The van der Waals surface area contributed by atoms with Gasteiger partial charge in [0.15, 0.2) is 0 Å². The van der Waals surface area contributed by atoms with Crippen molar-refractivity contribution >= 4 is 0 Å². The number of fused-ring (bicyclic) bond motifs is 1. The predicted molar refractivity (Wildman–Crippen MR) is 59.7 cm³/mol. The molecule has 1 atom stereocenters. The van der Waals surface area contributed by atoms with Gasteiger partial charge in [-0.25, -0.2) is 0 Å². The number of benzene rings is 1. The smallest absolute Gasteiger partial charge is 0.204 e. The van der Waals surface area contributed by atoms with E-state index >= 15 is 0 Å². The van der Waals surface area contributed by atoms with Gasteiger partial charge in [-0.2, -0.15) is 5.21 Å². The Hall–Kier alpha value is -1.75. The van der Waals surface area contributed by atoms with Crippen LogP contribution in [-0.4, -0.2) is 27.2 Å². The van der Waals surface area contributed by atoms with Crippen LogP contribution in [0.5, 0.6) is 0 Å². The molecule has 82 valence electrons. The molecule has 1 aliphatic heterocycles. The summed E-state index contributed by atoms with van der Waals surface area (Å²) in [5.74, 6) is 0.653. The van der Waals surface area contributed by atoms with Crippen molar-refractivity contribution in [3.8, 4) is 11.4 Å². The molecule has 0 fully saturated rings. The summed E-state index contributed by atoms with van der Waals surface area (Å²) in [6, 6.07) is 6.77. The van der Waals surface area contributed by atoms with E-state index in [1.807, 2.05) is 0 Å². The average molecular weight is 215 g/mol. The summed E-state index contributed by atoms with van der Waals surface area (Å²) in [7, 11) is 0. The lowest BCUT2D eigenvalue weighted by molar-refractivity contribution is 0.541. The molecule has 1 unspecified atom stereocenters. The van der Waals surface area contributed by atoms with Crippen LogP contribution in [0.25, 0.3) is 11.4 Å². The van der Waals surface area contributed by atoms with Crippen LogP contribution >= 0.6 is 0 Å². The summed E-state index contributed by atoms with van der Waals surface area (Å²) in [6.45, 7) is 3.23. The van der Waals surface area contributed by atoms with Crippen molar-refractivity contribution in [2.45, 2.75) is 19.4 Å². The fourth-order valence-corrected chi connectivity index (χ4v) is 2.18. The van der Waals surface area contributed by atoms with Gasteiger partial charge in [-0.05, 0) is 42.3 Å². The van der Waals surface area contributed by atoms with Crippen LogP contribution in [0.4, 0.5) is 0 Å². The number of nitrogens with zero attached hydrogens (tertiary/aromatic N) is 3. The Labute approximate surface area is 93.3 Å². The van der Waals surface area contributed by atoms with Gasteiger partial charge >= 0.3 is 0 Å². The van der Waals surface area contributed by atoms with E-state index in [0.717, 1.165) is 18.5 Å². The van der Waals surface area contributed by atoms with Gasteiger partial charge in [-0.3, -0.25) is 0 Å². The van der Waals surface area contributed by atoms with Crippen molar-refractivity contribution in [2.75, 3.05) is 6.54 Å². The van der Waals surface area contributed by atoms with Gasteiger partial charge < -0.3 is 5.32 Å². The molecule has 1 aromatic heterocycles. The number of nitrogens with one attached hydrogen (secondary N) is 2. The molecule has 5 heteroatoms. The molecule has 5 nitrogen and oxygen atoms in total. The van der Waals surface area contributed by atoms with Crippen molar-refractivity contribution in [1.82, 2.24) is 25.9 Å². The molecule has 0 aliphatic carbocycles. The standard InChI is InChI=1S/C11H13N5/c1-7-10-6-9(11-13-15-16-14-11)3-2-8(10)4-5-12-7/h2-3,6-7,12H,4-5H2,1H3,(H,13,14,15,16). The van der Waals surface area contributed by atoms with Crippen LogP contribution < -0.4 is 5.32 Å². The minimum atomic E-state index is 0.399. The molecule has 0 radical (unpaired) electrons. The molecule has 3 rings (SSSR count). The maximum atomic E-state index is 3.99. The lowest BCUT2D eigenvalue weighted by Crippen LogP contribution is -2.27. The topological polar surface area (TPSA) is 66.5 Å². The lowest BCUT2D eigenvalue weighted by atomic mass is 9.93. The molecular formula is C11H13N5. The van der Waals surface area contributed by atoms with Gasteiger partial charge in [0.2, 0.25) is 5.82 Å². The molecule has 16 heavy (non-hydrogen) atoms. The maximum absolute atomic E-state index is 3.99. The van der Waals surface area contributed by atoms with Crippen LogP contribution in [0, 0.1) is 0 Å². The first-order chi connectivity index (χ1) is 7.84. The van der Waals surface area contributed by atoms with E-state index in [4.69, 9.17) is 0 Å². The van der Waals surface area contributed by atoms with Gasteiger partial charge in [0.25, 0.3) is 0 Å². The predicted octanol–water partition coefficient (Wildman–Crippen LogP) is 1.07.